The van der Waals surface area contributed by atoms with E-state index in [-0.39, 0.29) is 11.4 Å². The Bertz CT molecular complexity index is 248. The van der Waals surface area contributed by atoms with Gasteiger partial charge in [0.2, 0.25) is 5.91 Å². The molecular formula is C13H26N2O. The van der Waals surface area contributed by atoms with E-state index in [0.717, 1.165) is 19.4 Å². The van der Waals surface area contributed by atoms with Crippen LogP contribution in [0.1, 0.15) is 47.0 Å². The van der Waals surface area contributed by atoms with E-state index in [1.54, 1.807) is 0 Å². The van der Waals surface area contributed by atoms with Gasteiger partial charge in [-0.25, -0.2) is 0 Å². The van der Waals surface area contributed by atoms with E-state index in [0.29, 0.717) is 24.8 Å². The van der Waals surface area contributed by atoms with Gasteiger partial charge in [-0.1, -0.05) is 13.8 Å². The summed E-state index contributed by atoms with van der Waals surface area (Å²) < 4.78 is 0. The Morgan fingerprint density at radius 3 is 2.56 bits per heavy atom. The van der Waals surface area contributed by atoms with Crippen molar-refractivity contribution in [2.45, 2.75) is 52.5 Å². The number of nitrogens with two attached hydrogens (primary N) is 1. The summed E-state index contributed by atoms with van der Waals surface area (Å²) in [7, 11) is 0. The van der Waals surface area contributed by atoms with Crippen molar-refractivity contribution in [3.05, 3.63) is 0 Å². The molecule has 2 N–H and O–H groups in total. The molecule has 3 nitrogen and oxygen atoms in total. The van der Waals surface area contributed by atoms with Crippen LogP contribution >= 0.6 is 0 Å². The molecule has 1 amide bonds. The van der Waals surface area contributed by atoms with Crippen LogP contribution in [-0.2, 0) is 4.79 Å². The number of hydrogen-bond donors (Lipinski definition) is 1. The molecule has 0 spiro atoms. The van der Waals surface area contributed by atoms with Gasteiger partial charge in [0.15, 0.2) is 0 Å². The van der Waals surface area contributed by atoms with Gasteiger partial charge in [0.25, 0.3) is 0 Å². The maximum Gasteiger partial charge on any atom is 0.223 e. The molecule has 0 saturated carbocycles. The molecule has 0 aromatic carbocycles. The Kier molecular flexibility index (Phi) is 4.36. The molecule has 0 aliphatic carbocycles. The third-order valence-corrected chi connectivity index (χ3v) is 3.93. The number of nitrogens with zero attached hydrogens (tertiary/aromatic N) is 1. The summed E-state index contributed by atoms with van der Waals surface area (Å²) in [6, 6.07) is 0. The third kappa shape index (κ3) is 2.97. The lowest BCUT2D eigenvalue weighted by Gasteiger charge is -2.37. The van der Waals surface area contributed by atoms with Gasteiger partial charge in [0.05, 0.1) is 0 Å². The smallest absolute Gasteiger partial charge is 0.223 e. The van der Waals surface area contributed by atoms with Gasteiger partial charge in [0.1, 0.15) is 0 Å². The maximum atomic E-state index is 12.1. The number of carbonyl (C=O) groups excluding carboxylic acids is 1. The van der Waals surface area contributed by atoms with Crippen molar-refractivity contribution in [2.24, 2.45) is 17.6 Å². The minimum Gasteiger partial charge on any atom is -0.336 e. The first-order valence-electron chi connectivity index (χ1n) is 6.39. The van der Waals surface area contributed by atoms with E-state index in [4.69, 9.17) is 5.73 Å². The quantitative estimate of drug-likeness (QED) is 0.800. The Morgan fingerprint density at radius 1 is 1.44 bits per heavy atom. The van der Waals surface area contributed by atoms with E-state index < -0.39 is 0 Å². The molecule has 0 aromatic heterocycles. The lowest BCUT2D eigenvalue weighted by Crippen LogP contribution is -2.52. The van der Waals surface area contributed by atoms with Crippen LogP contribution in [0.15, 0.2) is 0 Å². The van der Waals surface area contributed by atoms with Crippen molar-refractivity contribution in [1.82, 2.24) is 4.90 Å². The maximum absolute atomic E-state index is 12.1. The van der Waals surface area contributed by atoms with Crippen LogP contribution in [0.5, 0.6) is 0 Å². The van der Waals surface area contributed by atoms with Crippen molar-refractivity contribution >= 4 is 5.91 Å². The van der Waals surface area contributed by atoms with Crippen LogP contribution in [-0.4, -0.2) is 29.4 Å². The van der Waals surface area contributed by atoms with Crippen LogP contribution in [0, 0.1) is 11.8 Å². The average molecular weight is 226 g/mol. The van der Waals surface area contributed by atoms with E-state index in [1.165, 1.54) is 0 Å². The van der Waals surface area contributed by atoms with Crippen molar-refractivity contribution in [3.63, 3.8) is 0 Å². The first kappa shape index (κ1) is 13.5. The summed E-state index contributed by atoms with van der Waals surface area (Å²) in [6.07, 6.45) is 2.84. The summed E-state index contributed by atoms with van der Waals surface area (Å²) in [6.45, 7) is 10.0. The summed E-state index contributed by atoms with van der Waals surface area (Å²) in [5, 5.41) is 0. The van der Waals surface area contributed by atoms with Crippen molar-refractivity contribution in [2.75, 3.05) is 13.1 Å². The number of amides is 1. The predicted molar refractivity (Wildman–Crippen MR) is 67.0 cm³/mol. The molecule has 94 valence electrons. The summed E-state index contributed by atoms with van der Waals surface area (Å²) in [4.78, 5) is 14.0. The normalized spacial score (nSPS) is 23.8. The molecule has 3 heteroatoms. The number of hydrogen-bond acceptors (Lipinski definition) is 2. The molecule has 0 bridgehead atoms. The van der Waals surface area contributed by atoms with Gasteiger partial charge in [-0.3, -0.25) is 4.79 Å². The van der Waals surface area contributed by atoms with Crippen LogP contribution in [0.25, 0.3) is 0 Å². The topological polar surface area (TPSA) is 46.3 Å². The van der Waals surface area contributed by atoms with E-state index in [9.17, 15) is 4.79 Å². The highest BCUT2D eigenvalue weighted by atomic mass is 16.2. The third-order valence-electron chi connectivity index (χ3n) is 3.93. The molecule has 0 radical (unpaired) electrons. The van der Waals surface area contributed by atoms with Gasteiger partial charge in [-0.05, 0) is 38.5 Å². The van der Waals surface area contributed by atoms with Crippen molar-refractivity contribution < 1.29 is 4.79 Å². The molecule has 1 aliphatic heterocycles. The van der Waals surface area contributed by atoms with Gasteiger partial charge in [-0.2, -0.15) is 0 Å². The van der Waals surface area contributed by atoms with Gasteiger partial charge in [0, 0.05) is 25.0 Å². The van der Waals surface area contributed by atoms with Crippen molar-refractivity contribution in [3.8, 4) is 0 Å². The Balaban J connectivity index is 2.72. The number of carbonyl (C=O) groups is 1. The van der Waals surface area contributed by atoms with Gasteiger partial charge >= 0.3 is 0 Å². The zero-order valence-corrected chi connectivity index (χ0v) is 11.1. The lowest BCUT2D eigenvalue weighted by atomic mass is 9.89. The number of likely N-dealkylation sites (tertiary alicyclic amines) is 1. The first-order chi connectivity index (χ1) is 7.38. The zero-order chi connectivity index (χ0) is 12.3. The molecule has 1 fully saturated rings. The molecule has 1 unspecified atom stereocenters. The highest BCUT2D eigenvalue weighted by molar-refractivity contribution is 5.77. The Labute approximate surface area is 99.4 Å². The predicted octanol–water partition coefficient (Wildman–Crippen LogP) is 2.01. The van der Waals surface area contributed by atoms with Gasteiger partial charge in [-0.15, -0.1) is 0 Å². The molecule has 0 aromatic rings. The second kappa shape index (κ2) is 5.17. The van der Waals surface area contributed by atoms with Crippen LogP contribution < -0.4 is 5.73 Å². The molecule has 1 atom stereocenters. The fourth-order valence-electron chi connectivity index (χ4n) is 2.42. The summed E-state index contributed by atoms with van der Waals surface area (Å²) in [5.74, 6) is 1.63. The van der Waals surface area contributed by atoms with E-state index in [2.05, 4.69) is 27.7 Å². The molecule has 16 heavy (non-hydrogen) atoms. The average Bonchev–Trinajstić information content (AvgIpc) is 2.40. The highest BCUT2D eigenvalue weighted by Crippen LogP contribution is 2.28. The molecular weight excluding hydrogens is 200 g/mol. The second-order valence-corrected chi connectivity index (χ2v) is 5.89. The minimum atomic E-state index is -0.192. The summed E-state index contributed by atoms with van der Waals surface area (Å²) >= 11 is 0. The molecule has 1 saturated heterocycles. The van der Waals surface area contributed by atoms with E-state index >= 15 is 0 Å². The minimum absolute atomic E-state index is 0.192. The molecule has 1 rings (SSSR count). The SMILES string of the molecule is CC(C)C1CCC(=O)N(C(C)(C)CN)CC1. The second-order valence-electron chi connectivity index (χ2n) is 5.89. The summed E-state index contributed by atoms with van der Waals surface area (Å²) in [5.41, 5.74) is 5.56. The fraction of sp³-hybridized carbons (Fsp3) is 0.923. The largest absolute Gasteiger partial charge is 0.336 e. The van der Waals surface area contributed by atoms with E-state index in [1.807, 2.05) is 4.90 Å². The standard InChI is InChI=1S/C13H26N2O/c1-10(2)11-5-6-12(16)15(8-7-11)13(3,4)9-14/h10-11H,5-9,14H2,1-4H3. The first-order valence-corrected chi connectivity index (χ1v) is 6.39. The molecule has 1 heterocycles. The lowest BCUT2D eigenvalue weighted by molar-refractivity contribution is -0.135. The zero-order valence-electron chi connectivity index (χ0n) is 11.1. The monoisotopic (exact) mass is 226 g/mol. The van der Waals surface area contributed by atoms with Crippen LogP contribution in [0.4, 0.5) is 0 Å². The fourth-order valence-corrected chi connectivity index (χ4v) is 2.42. The van der Waals surface area contributed by atoms with Crippen molar-refractivity contribution in [1.29, 1.82) is 0 Å². The van der Waals surface area contributed by atoms with Crippen LogP contribution in [0.2, 0.25) is 0 Å². The van der Waals surface area contributed by atoms with Gasteiger partial charge < -0.3 is 10.6 Å². The van der Waals surface area contributed by atoms with Crippen LogP contribution in [0.3, 0.4) is 0 Å². The highest BCUT2D eigenvalue weighted by Gasteiger charge is 2.32. The number of rotatable bonds is 3. The Morgan fingerprint density at radius 2 is 2.06 bits per heavy atom. The Hall–Kier alpha value is -0.570. The molecule has 1 aliphatic rings.